The summed E-state index contributed by atoms with van der Waals surface area (Å²) in [6, 6.07) is 5.86. The van der Waals surface area contributed by atoms with Gasteiger partial charge in [0.2, 0.25) is 5.91 Å². The molecule has 0 radical (unpaired) electrons. The summed E-state index contributed by atoms with van der Waals surface area (Å²) in [4.78, 5) is 14.2. The summed E-state index contributed by atoms with van der Waals surface area (Å²) in [7, 11) is 1.66. The Bertz CT molecular complexity index is 459. The molecule has 104 valence electrons. The molecule has 4 nitrogen and oxygen atoms in total. The number of benzene rings is 1. The fourth-order valence-corrected chi connectivity index (χ4v) is 2.44. The predicted octanol–water partition coefficient (Wildman–Crippen LogP) is 2.10. The summed E-state index contributed by atoms with van der Waals surface area (Å²) in [6.45, 7) is 2.79. The monoisotopic (exact) mass is 262 g/mol. The number of nitrogens with zero attached hydrogens (tertiary/aromatic N) is 1. The molecule has 0 spiro atoms. The van der Waals surface area contributed by atoms with E-state index in [1.165, 1.54) is 5.56 Å². The van der Waals surface area contributed by atoms with Crippen molar-refractivity contribution in [3.8, 4) is 5.75 Å². The third kappa shape index (κ3) is 3.07. The minimum absolute atomic E-state index is 0.0453. The number of methoxy groups -OCH3 is 1. The maximum absolute atomic E-state index is 12.3. The Labute approximate surface area is 114 Å². The minimum Gasteiger partial charge on any atom is -0.497 e. The summed E-state index contributed by atoms with van der Waals surface area (Å²) in [6.07, 6.45) is 3.24. The number of carbonyl (C=O) groups excluding carboxylic acids is 1. The van der Waals surface area contributed by atoms with Gasteiger partial charge in [0.15, 0.2) is 0 Å². The van der Waals surface area contributed by atoms with Crippen molar-refractivity contribution in [1.29, 1.82) is 0 Å². The largest absolute Gasteiger partial charge is 0.497 e. The van der Waals surface area contributed by atoms with E-state index in [-0.39, 0.29) is 11.9 Å². The number of nitrogens with two attached hydrogens (primary N) is 1. The van der Waals surface area contributed by atoms with Crippen LogP contribution in [0.2, 0.25) is 0 Å². The summed E-state index contributed by atoms with van der Waals surface area (Å²) >= 11 is 0. The minimum atomic E-state index is -0.0453. The first-order valence-electron chi connectivity index (χ1n) is 6.88. The Kier molecular flexibility index (Phi) is 4.43. The van der Waals surface area contributed by atoms with E-state index in [1.807, 2.05) is 30.0 Å². The fraction of sp³-hybridized carbons (Fsp3) is 0.533. The van der Waals surface area contributed by atoms with Crippen molar-refractivity contribution in [2.24, 2.45) is 5.73 Å². The summed E-state index contributed by atoms with van der Waals surface area (Å²) in [5.41, 5.74) is 8.08. The third-order valence-electron chi connectivity index (χ3n) is 3.67. The van der Waals surface area contributed by atoms with Gasteiger partial charge in [0.1, 0.15) is 5.75 Å². The zero-order valence-electron chi connectivity index (χ0n) is 11.7. The average molecular weight is 262 g/mol. The zero-order valence-corrected chi connectivity index (χ0v) is 11.7. The lowest BCUT2D eigenvalue weighted by atomic mass is 10.0. The van der Waals surface area contributed by atoms with Crippen LogP contribution in [0.15, 0.2) is 18.2 Å². The zero-order chi connectivity index (χ0) is 13.8. The standard InChI is InChI=1S/C15H22N2O2/c1-3-12(16)10-15(18)17-8-4-5-11-9-13(19-2)6-7-14(11)17/h6-7,9,12H,3-5,8,10,16H2,1-2H3. The normalized spacial score (nSPS) is 15.8. The molecule has 0 bridgehead atoms. The lowest BCUT2D eigenvalue weighted by Gasteiger charge is -2.30. The summed E-state index contributed by atoms with van der Waals surface area (Å²) < 4.78 is 5.23. The molecule has 1 aliphatic rings. The Morgan fingerprint density at radius 2 is 2.32 bits per heavy atom. The smallest absolute Gasteiger partial charge is 0.228 e. The van der Waals surface area contributed by atoms with E-state index in [1.54, 1.807) is 7.11 Å². The number of hydrogen-bond acceptors (Lipinski definition) is 3. The molecule has 1 aromatic carbocycles. The van der Waals surface area contributed by atoms with Crippen LogP contribution in [0.3, 0.4) is 0 Å². The van der Waals surface area contributed by atoms with Crippen LogP contribution in [-0.2, 0) is 11.2 Å². The highest BCUT2D eigenvalue weighted by Crippen LogP contribution is 2.30. The van der Waals surface area contributed by atoms with Gasteiger partial charge >= 0.3 is 0 Å². The second-order valence-corrected chi connectivity index (χ2v) is 5.02. The molecule has 0 aromatic heterocycles. The molecule has 19 heavy (non-hydrogen) atoms. The SMILES string of the molecule is CCC(N)CC(=O)N1CCCc2cc(OC)ccc21. The van der Waals surface area contributed by atoms with Gasteiger partial charge in [-0.05, 0) is 43.0 Å². The van der Waals surface area contributed by atoms with E-state index in [2.05, 4.69) is 0 Å². The molecule has 1 aromatic rings. The lowest BCUT2D eigenvalue weighted by Crippen LogP contribution is -2.38. The quantitative estimate of drug-likeness (QED) is 0.904. The average Bonchev–Trinajstić information content (AvgIpc) is 2.45. The van der Waals surface area contributed by atoms with Crippen LogP contribution < -0.4 is 15.4 Å². The predicted molar refractivity (Wildman–Crippen MR) is 76.6 cm³/mol. The van der Waals surface area contributed by atoms with E-state index < -0.39 is 0 Å². The van der Waals surface area contributed by atoms with Crippen LogP contribution in [0.1, 0.15) is 31.7 Å². The van der Waals surface area contributed by atoms with Gasteiger partial charge in [-0.3, -0.25) is 4.79 Å². The fourth-order valence-electron chi connectivity index (χ4n) is 2.44. The molecule has 0 aliphatic carbocycles. The Hall–Kier alpha value is -1.55. The number of aryl methyl sites for hydroxylation is 1. The van der Waals surface area contributed by atoms with Gasteiger partial charge in [0, 0.05) is 24.7 Å². The molecule has 0 saturated carbocycles. The molecule has 1 heterocycles. The second kappa shape index (κ2) is 6.06. The number of amides is 1. The van der Waals surface area contributed by atoms with E-state index in [4.69, 9.17) is 10.5 Å². The molecule has 0 saturated heterocycles. The van der Waals surface area contributed by atoms with E-state index in [9.17, 15) is 4.79 Å². The molecule has 1 unspecified atom stereocenters. The molecular weight excluding hydrogens is 240 g/mol. The van der Waals surface area contributed by atoms with Crippen LogP contribution in [0.5, 0.6) is 5.75 Å². The first-order valence-corrected chi connectivity index (χ1v) is 6.88. The molecule has 0 fully saturated rings. The first-order chi connectivity index (χ1) is 9.15. The lowest BCUT2D eigenvalue weighted by molar-refractivity contribution is -0.119. The van der Waals surface area contributed by atoms with Gasteiger partial charge in [-0.25, -0.2) is 0 Å². The van der Waals surface area contributed by atoms with Gasteiger partial charge in [-0.15, -0.1) is 0 Å². The maximum atomic E-state index is 12.3. The Morgan fingerprint density at radius 1 is 1.53 bits per heavy atom. The van der Waals surface area contributed by atoms with E-state index in [0.717, 1.165) is 37.2 Å². The van der Waals surface area contributed by atoms with Crippen molar-refractivity contribution >= 4 is 11.6 Å². The first kappa shape index (κ1) is 13.9. The number of hydrogen-bond donors (Lipinski definition) is 1. The number of fused-ring (bicyclic) bond motifs is 1. The molecule has 1 atom stereocenters. The molecule has 2 rings (SSSR count). The van der Waals surface area contributed by atoms with Crippen molar-refractivity contribution in [3.63, 3.8) is 0 Å². The number of ether oxygens (including phenoxy) is 1. The maximum Gasteiger partial charge on any atom is 0.228 e. The number of carbonyl (C=O) groups is 1. The van der Waals surface area contributed by atoms with Crippen LogP contribution in [0.4, 0.5) is 5.69 Å². The van der Waals surface area contributed by atoms with Crippen LogP contribution in [0.25, 0.3) is 0 Å². The van der Waals surface area contributed by atoms with Crippen molar-refractivity contribution in [3.05, 3.63) is 23.8 Å². The summed E-state index contributed by atoms with van der Waals surface area (Å²) in [5.74, 6) is 0.971. The molecular formula is C15H22N2O2. The van der Waals surface area contributed by atoms with E-state index >= 15 is 0 Å². The number of rotatable bonds is 4. The van der Waals surface area contributed by atoms with Gasteiger partial charge in [0.05, 0.1) is 7.11 Å². The van der Waals surface area contributed by atoms with Crippen molar-refractivity contribution in [1.82, 2.24) is 0 Å². The molecule has 1 aliphatic heterocycles. The Balaban J connectivity index is 2.20. The second-order valence-electron chi connectivity index (χ2n) is 5.02. The molecule has 1 amide bonds. The van der Waals surface area contributed by atoms with Gasteiger partial charge in [-0.2, -0.15) is 0 Å². The van der Waals surface area contributed by atoms with Gasteiger partial charge in [0.25, 0.3) is 0 Å². The third-order valence-corrected chi connectivity index (χ3v) is 3.67. The van der Waals surface area contributed by atoms with Crippen molar-refractivity contribution in [2.75, 3.05) is 18.6 Å². The van der Waals surface area contributed by atoms with Crippen molar-refractivity contribution in [2.45, 2.75) is 38.6 Å². The van der Waals surface area contributed by atoms with Crippen LogP contribution in [-0.4, -0.2) is 25.6 Å². The highest BCUT2D eigenvalue weighted by Gasteiger charge is 2.23. The summed E-state index contributed by atoms with van der Waals surface area (Å²) in [5, 5.41) is 0. The topological polar surface area (TPSA) is 55.6 Å². The van der Waals surface area contributed by atoms with Gasteiger partial charge in [-0.1, -0.05) is 6.92 Å². The highest BCUT2D eigenvalue weighted by atomic mass is 16.5. The molecule has 2 N–H and O–H groups in total. The number of anilines is 1. The Morgan fingerprint density at radius 3 is 3.00 bits per heavy atom. The van der Waals surface area contributed by atoms with Crippen LogP contribution >= 0.6 is 0 Å². The van der Waals surface area contributed by atoms with Crippen molar-refractivity contribution < 1.29 is 9.53 Å². The van der Waals surface area contributed by atoms with Crippen LogP contribution in [0, 0.1) is 0 Å². The highest BCUT2D eigenvalue weighted by molar-refractivity contribution is 5.95. The van der Waals surface area contributed by atoms with Gasteiger partial charge < -0.3 is 15.4 Å². The molecule has 4 heteroatoms. The van der Waals surface area contributed by atoms with E-state index in [0.29, 0.717) is 6.42 Å².